The fourth-order valence-electron chi connectivity index (χ4n) is 4.05. The summed E-state index contributed by atoms with van der Waals surface area (Å²) in [4.78, 5) is 17.2. The summed E-state index contributed by atoms with van der Waals surface area (Å²) < 4.78 is 0. The van der Waals surface area contributed by atoms with Gasteiger partial charge in [0.15, 0.2) is 0 Å². The van der Waals surface area contributed by atoms with Gasteiger partial charge in [-0.05, 0) is 50.9 Å². The highest BCUT2D eigenvalue weighted by molar-refractivity contribution is 5.99. The van der Waals surface area contributed by atoms with E-state index in [1.54, 1.807) is 0 Å². The number of rotatable bonds is 3. The van der Waals surface area contributed by atoms with E-state index in [9.17, 15) is 4.79 Å². The Hall–Kier alpha value is -2.14. The summed E-state index contributed by atoms with van der Waals surface area (Å²) in [5.74, 6) is 0.683. The largest absolute Gasteiger partial charge is 0.311 e. The average molecular weight is 324 g/mol. The number of benzene rings is 1. The van der Waals surface area contributed by atoms with Crippen LogP contribution in [0.4, 0.5) is 5.69 Å². The number of likely N-dealkylation sites (tertiary alicyclic amines) is 1. The highest BCUT2D eigenvalue weighted by atomic mass is 16.2. The Labute approximate surface area is 142 Å². The molecule has 1 aromatic heterocycles. The van der Waals surface area contributed by atoms with Gasteiger partial charge in [-0.2, -0.15) is 5.10 Å². The molecule has 2 aliphatic rings. The van der Waals surface area contributed by atoms with E-state index in [1.807, 2.05) is 42.2 Å². The van der Waals surface area contributed by atoms with E-state index >= 15 is 0 Å². The number of piperidine rings is 1. The normalized spacial score (nSPS) is 25.4. The van der Waals surface area contributed by atoms with Crippen molar-refractivity contribution in [2.45, 2.75) is 38.1 Å². The number of nitrogens with one attached hydrogen (secondary N) is 1. The molecule has 3 heterocycles. The van der Waals surface area contributed by atoms with Crippen LogP contribution in [0.5, 0.6) is 0 Å². The van der Waals surface area contributed by atoms with Crippen LogP contribution in [0.25, 0.3) is 0 Å². The number of para-hydroxylation sites is 1. The summed E-state index contributed by atoms with van der Waals surface area (Å²) in [6.45, 7) is 4.80. The van der Waals surface area contributed by atoms with Gasteiger partial charge in [0.2, 0.25) is 5.91 Å². The second-order valence-corrected chi connectivity index (χ2v) is 6.94. The summed E-state index contributed by atoms with van der Waals surface area (Å²) in [6, 6.07) is 12.2. The third-order valence-electron chi connectivity index (χ3n) is 5.28. The molecule has 1 amide bonds. The summed E-state index contributed by atoms with van der Waals surface area (Å²) in [7, 11) is 0. The van der Waals surface area contributed by atoms with Gasteiger partial charge in [-0.15, -0.1) is 0 Å². The van der Waals surface area contributed by atoms with Crippen molar-refractivity contribution < 1.29 is 4.79 Å². The van der Waals surface area contributed by atoms with Crippen LogP contribution in [0.3, 0.4) is 0 Å². The first-order valence-corrected chi connectivity index (χ1v) is 8.85. The summed E-state index contributed by atoms with van der Waals surface area (Å²) in [5, 5.41) is 7.48. The van der Waals surface area contributed by atoms with Crippen molar-refractivity contribution in [2.24, 2.45) is 0 Å². The van der Waals surface area contributed by atoms with Gasteiger partial charge < -0.3 is 4.90 Å². The average Bonchev–Trinajstić information content (AvgIpc) is 3.22. The minimum atomic E-state index is 0.0213. The van der Waals surface area contributed by atoms with Gasteiger partial charge in [0.25, 0.3) is 0 Å². The number of hydrogen-bond acceptors (Lipinski definition) is 3. The maximum atomic E-state index is 12.9. The number of aromatic nitrogens is 2. The van der Waals surface area contributed by atoms with E-state index in [2.05, 4.69) is 21.2 Å². The molecule has 2 aromatic rings. The lowest BCUT2D eigenvalue weighted by Crippen LogP contribution is -2.46. The molecular formula is C19H24N4O. The monoisotopic (exact) mass is 324 g/mol. The van der Waals surface area contributed by atoms with Crippen molar-refractivity contribution in [3.05, 3.63) is 47.8 Å². The van der Waals surface area contributed by atoms with E-state index in [0.29, 0.717) is 5.92 Å². The van der Waals surface area contributed by atoms with E-state index < -0.39 is 0 Å². The number of H-pyrrole nitrogens is 1. The topological polar surface area (TPSA) is 52.2 Å². The second-order valence-electron chi connectivity index (χ2n) is 6.94. The van der Waals surface area contributed by atoms with Gasteiger partial charge in [0, 0.05) is 30.4 Å². The molecule has 0 bridgehead atoms. The van der Waals surface area contributed by atoms with E-state index in [4.69, 9.17) is 0 Å². The van der Waals surface area contributed by atoms with Gasteiger partial charge in [-0.25, -0.2) is 0 Å². The zero-order valence-corrected chi connectivity index (χ0v) is 14.1. The van der Waals surface area contributed by atoms with Crippen LogP contribution in [0.1, 0.15) is 36.6 Å². The number of carbonyl (C=O) groups is 1. The van der Waals surface area contributed by atoms with Gasteiger partial charge in [-0.1, -0.05) is 18.2 Å². The molecule has 1 N–H and O–H groups in total. The zero-order valence-electron chi connectivity index (χ0n) is 14.1. The Balaban J connectivity index is 1.47. The molecule has 5 nitrogen and oxygen atoms in total. The first kappa shape index (κ1) is 15.4. The molecule has 2 saturated heterocycles. The number of hydrogen-bond donors (Lipinski definition) is 1. The van der Waals surface area contributed by atoms with Crippen LogP contribution in [-0.2, 0) is 4.79 Å². The Bertz CT molecular complexity index is 711. The Kier molecular flexibility index (Phi) is 4.10. The molecule has 0 radical (unpaired) electrons. The van der Waals surface area contributed by atoms with Crippen molar-refractivity contribution in [1.29, 1.82) is 0 Å². The number of nitrogens with zero attached hydrogens (tertiary/aromatic N) is 3. The van der Waals surface area contributed by atoms with Crippen molar-refractivity contribution in [3.8, 4) is 0 Å². The second kappa shape index (κ2) is 6.40. The van der Waals surface area contributed by atoms with Crippen LogP contribution in [0, 0.1) is 6.92 Å². The maximum Gasteiger partial charge on any atom is 0.244 e. The lowest BCUT2D eigenvalue weighted by molar-refractivity contribution is -0.122. The predicted molar refractivity (Wildman–Crippen MR) is 94.1 cm³/mol. The van der Waals surface area contributed by atoms with Crippen LogP contribution >= 0.6 is 0 Å². The van der Waals surface area contributed by atoms with Crippen molar-refractivity contribution >= 4 is 11.6 Å². The third kappa shape index (κ3) is 2.84. The zero-order chi connectivity index (χ0) is 16.5. The summed E-state index contributed by atoms with van der Waals surface area (Å²) in [5.41, 5.74) is 3.26. The van der Waals surface area contributed by atoms with Gasteiger partial charge in [0.1, 0.15) is 0 Å². The van der Waals surface area contributed by atoms with Gasteiger partial charge in [-0.3, -0.25) is 14.8 Å². The molecule has 0 saturated carbocycles. The summed E-state index contributed by atoms with van der Waals surface area (Å²) >= 11 is 0. The SMILES string of the molecule is Cc1cc([C@H]2CCCN([C@@H]3CCN(c4ccccc4)C3=O)C2)n[nH]1. The standard InChI is InChI=1S/C19H24N4O/c1-14-12-17(21-20-14)15-6-5-10-22(13-15)18-9-11-23(19(18)24)16-7-3-2-4-8-16/h2-4,7-8,12,15,18H,5-6,9-11,13H2,1H3,(H,20,21)/t15-,18+/m0/s1. The van der Waals surface area contributed by atoms with E-state index in [0.717, 1.165) is 56.0 Å². The fraction of sp³-hybridized carbons (Fsp3) is 0.474. The van der Waals surface area contributed by atoms with Gasteiger partial charge >= 0.3 is 0 Å². The van der Waals surface area contributed by atoms with Crippen LogP contribution in [0.2, 0.25) is 0 Å². The molecular weight excluding hydrogens is 300 g/mol. The van der Waals surface area contributed by atoms with E-state index in [1.165, 1.54) is 0 Å². The molecule has 2 aliphatic heterocycles. The molecule has 5 heteroatoms. The predicted octanol–water partition coefficient (Wildman–Crippen LogP) is 2.70. The van der Waals surface area contributed by atoms with Crippen molar-refractivity contribution in [3.63, 3.8) is 0 Å². The summed E-state index contributed by atoms with van der Waals surface area (Å²) in [6.07, 6.45) is 3.20. The number of aromatic amines is 1. The molecule has 0 aliphatic carbocycles. The number of anilines is 1. The maximum absolute atomic E-state index is 12.9. The minimum Gasteiger partial charge on any atom is -0.311 e. The smallest absolute Gasteiger partial charge is 0.244 e. The number of amides is 1. The minimum absolute atomic E-state index is 0.0213. The first-order valence-electron chi connectivity index (χ1n) is 8.85. The van der Waals surface area contributed by atoms with Crippen LogP contribution in [0.15, 0.2) is 36.4 Å². The molecule has 2 atom stereocenters. The molecule has 126 valence electrons. The Morgan fingerprint density at radius 1 is 1.17 bits per heavy atom. The third-order valence-corrected chi connectivity index (χ3v) is 5.28. The van der Waals surface area contributed by atoms with E-state index in [-0.39, 0.29) is 11.9 Å². The Morgan fingerprint density at radius 2 is 2.00 bits per heavy atom. The number of aryl methyl sites for hydroxylation is 1. The lowest BCUT2D eigenvalue weighted by atomic mass is 9.93. The highest BCUT2D eigenvalue weighted by Gasteiger charge is 2.38. The molecule has 4 rings (SSSR count). The molecule has 0 unspecified atom stereocenters. The Morgan fingerprint density at radius 3 is 2.75 bits per heavy atom. The van der Waals surface area contributed by atoms with Crippen LogP contribution < -0.4 is 4.90 Å². The highest BCUT2D eigenvalue weighted by Crippen LogP contribution is 2.31. The van der Waals surface area contributed by atoms with Crippen molar-refractivity contribution in [2.75, 3.05) is 24.5 Å². The molecule has 0 spiro atoms. The number of carbonyl (C=O) groups excluding carboxylic acids is 1. The lowest BCUT2D eigenvalue weighted by Gasteiger charge is -2.35. The quantitative estimate of drug-likeness (QED) is 0.944. The van der Waals surface area contributed by atoms with Crippen LogP contribution in [-0.4, -0.2) is 46.7 Å². The van der Waals surface area contributed by atoms with Gasteiger partial charge in [0.05, 0.1) is 11.7 Å². The first-order chi connectivity index (χ1) is 11.7. The fourth-order valence-corrected chi connectivity index (χ4v) is 4.05. The van der Waals surface area contributed by atoms with Crippen molar-refractivity contribution in [1.82, 2.24) is 15.1 Å². The molecule has 24 heavy (non-hydrogen) atoms. The molecule has 1 aromatic carbocycles. The molecule has 2 fully saturated rings.